The summed E-state index contributed by atoms with van der Waals surface area (Å²) < 4.78 is 41.0. The first kappa shape index (κ1) is 34.5. The minimum absolute atomic E-state index is 0.121. The highest BCUT2D eigenvalue weighted by Crippen LogP contribution is 2.40. The average molecular weight is 698 g/mol. The number of rotatable bonds is 13. The Labute approximate surface area is 285 Å². The number of aromatic nitrogens is 1. The van der Waals surface area contributed by atoms with Gasteiger partial charge in [-0.2, -0.15) is 4.31 Å². The molecule has 3 aromatic rings. The largest absolute Gasteiger partial charge is 0.492 e. The van der Waals surface area contributed by atoms with Crippen molar-refractivity contribution in [2.24, 2.45) is 5.41 Å². The second-order valence-corrected chi connectivity index (χ2v) is 15.7. The molecular formula is C34H43N5O7S2. The number of aliphatic carboxylic acids is 1. The van der Waals surface area contributed by atoms with Crippen LogP contribution in [0.25, 0.3) is 11.3 Å². The number of carbonyl (C=O) groups is 2. The highest BCUT2D eigenvalue weighted by molar-refractivity contribution is 7.89. The van der Waals surface area contributed by atoms with E-state index in [1.165, 1.54) is 15.6 Å². The second-order valence-electron chi connectivity index (χ2n) is 12.8. The molecule has 0 saturated carbocycles. The maximum Gasteiger partial charge on any atom is 0.304 e. The van der Waals surface area contributed by atoms with E-state index in [1.807, 2.05) is 42.8 Å². The maximum absolute atomic E-state index is 14.0. The number of sulfonamides is 1. The number of hydrogen-bond acceptors (Lipinski definition) is 10. The van der Waals surface area contributed by atoms with Gasteiger partial charge < -0.3 is 24.8 Å². The maximum atomic E-state index is 14.0. The van der Waals surface area contributed by atoms with E-state index in [0.29, 0.717) is 67.6 Å². The number of carboxylic acids is 1. The van der Waals surface area contributed by atoms with Crippen molar-refractivity contribution in [3.05, 3.63) is 64.0 Å². The number of ether oxygens (including phenoxy) is 2. The van der Waals surface area contributed by atoms with Crippen molar-refractivity contribution in [1.82, 2.24) is 24.4 Å². The molecule has 48 heavy (non-hydrogen) atoms. The molecule has 0 spiro atoms. The molecule has 258 valence electrons. The zero-order valence-electron chi connectivity index (χ0n) is 27.2. The van der Waals surface area contributed by atoms with Gasteiger partial charge in [-0.3, -0.25) is 14.5 Å². The SMILES string of the molecule is CN1CCN(S(=O)(=O)c2cc(-c3csc(CNC(=O)C4(CC(=O)O)Cc5ccccc5C4)n3)ccc2OCCCN2CCOCC2)CC1. The number of amides is 1. The van der Waals surface area contributed by atoms with Crippen LogP contribution in [0.3, 0.4) is 0 Å². The summed E-state index contributed by atoms with van der Waals surface area (Å²) in [6, 6.07) is 12.9. The second kappa shape index (κ2) is 15.0. The quantitative estimate of drug-likeness (QED) is 0.256. The number of likely N-dealkylation sites (N-methyl/N-ethyl adjacent to an activating group) is 1. The number of nitrogens with zero attached hydrogens (tertiary/aromatic N) is 4. The van der Waals surface area contributed by atoms with Gasteiger partial charge in [0.2, 0.25) is 15.9 Å². The summed E-state index contributed by atoms with van der Waals surface area (Å²) in [7, 11) is -1.86. The van der Waals surface area contributed by atoms with Crippen molar-refractivity contribution in [3.8, 4) is 17.0 Å². The third kappa shape index (κ3) is 7.90. The summed E-state index contributed by atoms with van der Waals surface area (Å²) in [5, 5.41) is 15.0. The highest BCUT2D eigenvalue weighted by atomic mass is 32.2. The topological polar surface area (TPSA) is 142 Å². The van der Waals surface area contributed by atoms with E-state index in [2.05, 4.69) is 15.1 Å². The van der Waals surface area contributed by atoms with Crippen LogP contribution in [0.1, 0.15) is 29.0 Å². The fourth-order valence-electron chi connectivity index (χ4n) is 6.67. The third-order valence-corrected chi connectivity index (χ3v) is 12.2. The van der Waals surface area contributed by atoms with Gasteiger partial charge in [-0.05, 0) is 55.6 Å². The lowest BCUT2D eigenvalue weighted by Crippen LogP contribution is -2.47. The van der Waals surface area contributed by atoms with Crippen molar-refractivity contribution in [1.29, 1.82) is 0 Å². The van der Waals surface area contributed by atoms with E-state index < -0.39 is 21.4 Å². The van der Waals surface area contributed by atoms with Gasteiger partial charge in [0.25, 0.3) is 0 Å². The van der Waals surface area contributed by atoms with Gasteiger partial charge in [-0.25, -0.2) is 13.4 Å². The Kier molecular flexibility index (Phi) is 10.8. The summed E-state index contributed by atoms with van der Waals surface area (Å²) in [4.78, 5) is 34.5. The van der Waals surface area contributed by atoms with Crippen LogP contribution in [0, 0.1) is 5.41 Å². The van der Waals surface area contributed by atoms with Gasteiger partial charge in [0.1, 0.15) is 15.7 Å². The van der Waals surface area contributed by atoms with Gasteiger partial charge in [-0.1, -0.05) is 24.3 Å². The number of carbonyl (C=O) groups excluding carboxylic acids is 1. The van der Waals surface area contributed by atoms with Crippen molar-refractivity contribution in [2.45, 2.75) is 37.1 Å². The number of piperazine rings is 1. The first-order valence-corrected chi connectivity index (χ1v) is 18.7. The molecule has 0 radical (unpaired) electrons. The van der Waals surface area contributed by atoms with E-state index in [4.69, 9.17) is 14.5 Å². The van der Waals surface area contributed by atoms with Crippen molar-refractivity contribution >= 4 is 33.2 Å². The summed E-state index contributed by atoms with van der Waals surface area (Å²) in [6.07, 6.45) is 1.24. The Morgan fingerprint density at radius 2 is 1.75 bits per heavy atom. The molecule has 12 nitrogen and oxygen atoms in total. The van der Waals surface area contributed by atoms with E-state index >= 15 is 0 Å². The number of hydrogen-bond donors (Lipinski definition) is 2. The predicted molar refractivity (Wildman–Crippen MR) is 182 cm³/mol. The smallest absolute Gasteiger partial charge is 0.304 e. The molecule has 2 fully saturated rings. The molecule has 2 aromatic carbocycles. The molecule has 14 heteroatoms. The number of nitrogens with one attached hydrogen (secondary N) is 1. The summed E-state index contributed by atoms with van der Waals surface area (Å²) in [6.45, 7) is 6.68. The lowest BCUT2D eigenvalue weighted by molar-refractivity contribution is -0.145. The normalized spacial score (nSPS) is 18.8. The predicted octanol–water partition coefficient (Wildman–Crippen LogP) is 2.72. The molecule has 6 rings (SSSR count). The number of fused-ring (bicyclic) bond motifs is 1. The number of benzene rings is 2. The summed E-state index contributed by atoms with van der Waals surface area (Å²) in [5.41, 5.74) is 2.16. The lowest BCUT2D eigenvalue weighted by atomic mass is 9.80. The number of carboxylic acid groups (broad SMARTS) is 1. The fraction of sp³-hybridized carbons (Fsp3) is 0.500. The van der Waals surface area contributed by atoms with E-state index in [9.17, 15) is 23.1 Å². The lowest BCUT2D eigenvalue weighted by Gasteiger charge is -2.32. The van der Waals surface area contributed by atoms with Gasteiger partial charge in [-0.15, -0.1) is 11.3 Å². The van der Waals surface area contributed by atoms with Crippen LogP contribution in [0.4, 0.5) is 0 Å². The Morgan fingerprint density at radius 1 is 1.04 bits per heavy atom. The zero-order chi connectivity index (χ0) is 33.7. The molecule has 2 saturated heterocycles. The Balaban J connectivity index is 1.16. The van der Waals surface area contributed by atoms with E-state index in [0.717, 1.165) is 50.4 Å². The number of thiazole rings is 1. The monoisotopic (exact) mass is 697 g/mol. The van der Waals surface area contributed by atoms with Gasteiger partial charge >= 0.3 is 5.97 Å². The van der Waals surface area contributed by atoms with E-state index in [-0.39, 0.29) is 23.8 Å². The van der Waals surface area contributed by atoms with Crippen LogP contribution in [0.5, 0.6) is 5.75 Å². The van der Waals surface area contributed by atoms with Crippen molar-refractivity contribution < 1.29 is 32.6 Å². The minimum Gasteiger partial charge on any atom is -0.492 e. The van der Waals surface area contributed by atoms with Crippen LogP contribution in [-0.2, 0) is 43.7 Å². The number of morpholine rings is 1. The molecule has 2 aliphatic heterocycles. The average Bonchev–Trinajstić information content (AvgIpc) is 3.71. The van der Waals surface area contributed by atoms with Crippen molar-refractivity contribution in [3.63, 3.8) is 0 Å². The van der Waals surface area contributed by atoms with Crippen LogP contribution < -0.4 is 10.1 Å². The molecule has 1 aromatic heterocycles. The molecule has 1 aliphatic carbocycles. The Morgan fingerprint density at radius 3 is 2.44 bits per heavy atom. The molecule has 3 heterocycles. The van der Waals surface area contributed by atoms with Gasteiger partial charge in [0.15, 0.2) is 0 Å². The van der Waals surface area contributed by atoms with E-state index in [1.54, 1.807) is 12.1 Å². The van der Waals surface area contributed by atoms with Gasteiger partial charge in [0, 0.05) is 56.8 Å². The van der Waals surface area contributed by atoms with Crippen LogP contribution in [-0.4, -0.2) is 117 Å². The molecule has 0 bridgehead atoms. The van der Waals surface area contributed by atoms with Gasteiger partial charge in [0.05, 0.1) is 43.9 Å². The highest BCUT2D eigenvalue weighted by Gasteiger charge is 2.45. The van der Waals surface area contributed by atoms with Crippen LogP contribution >= 0.6 is 11.3 Å². The fourth-order valence-corrected chi connectivity index (χ4v) is 8.99. The molecule has 2 N–H and O–H groups in total. The Bertz CT molecular complexity index is 1690. The van der Waals surface area contributed by atoms with Crippen molar-refractivity contribution in [2.75, 3.05) is 72.7 Å². The summed E-state index contributed by atoms with van der Waals surface area (Å²) in [5.74, 6) is -1.00. The first-order valence-electron chi connectivity index (χ1n) is 16.4. The molecule has 1 amide bonds. The standard InChI is InChI=1S/C34H43N5O7S2/c1-37-10-12-39(13-11-37)48(43,44)30-19-25(7-8-29(30)46-16-4-9-38-14-17-45-18-15-38)28-24-47-31(36-28)23-35-33(42)34(22-32(40)41)20-26-5-2-3-6-27(26)21-34/h2-3,5-8,19,24H,4,9-18,20-23H2,1H3,(H,35,42)(H,40,41). The molecule has 0 unspecified atom stereocenters. The van der Waals surface area contributed by atoms with Crippen LogP contribution in [0.15, 0.2) is 52.7 Å². The summed E-state index contributed by atoms with van der Waals surface area (Å²) >= 11 is 1.35. The molecular weight excluding hydrogens is 655 g/mol. The molecule has 0 atom stereocenters. The zero-order valence-corrected chi connectivity index (χ0v) is 28.9. The third-order valence-electron chi connectivity index (χ3n) is 9.40. The van der Waals surface area contributed by atoms with Crippen LogP contribution in [0.2, 0.25) is 0 Å². The first-order chi connectivity index (χ1) is 23.1. The molecule has 3 aliphatic rings. The Hall–Kier alpha value is -3.40. The minimum atomic E-state index is -3.84.